The van der Waals surface area contributed by atoms with Crippen LogP contribution in [0.2, 0.25) is 0 Å². The molecule has 0 spiro atoms. The number of aliphatic hydroxyl groups is 1. The molecule has 0 aromatic carbocycles. The molecule has 0 aromatic rings. The number of rotatable bonds is 76. The van der Waals surface area contributed by atoms with Crippen LogP contribution < -0.4 is 0 Å². The van der Waals surface area contributed by atoms with Gasteiger partial charge in [-0.05, 0) is 31.6 Å². The van der Waals surface area contributed by atoms with Crippen LogP contribution in [0.25, 0.3) is 0 Å². The van der Waals surface area contributed by atoms with Crippen LogP contribution in [0.15, 0.2) is 0 Å². The summed E-state index contributed by atoms with van der Waals surface area (Å²) in [6.07, 6.45) is 58.4. The van der Waals surface area contributed by atoms with E-state index in [9.17, 15) is 43.2 Å². The molecule has 0 fully saturated rings. The minimum atomic E-state index is -4.96. The van der Waals surface area contributed by atoms with Gasteiger partial charge in [-0.15, -0.1) is 0 Å². The third kappa shape index (κ3) is 70.3. The topological polar surface area (TPSA) is 237 Å². The van der Waals surface area contributed by atoms with Crippen LogP contribution in [-0.2, 0) is 65.4 Å². The molecule has 19 heteroatoms. The van der Waals surface area contributed by atoms with E-state index >= 15 is 0 Å². The predicted molar refractivity (Wildman–Crippen MR) is 386 cm³/mol. The molecule has 5 atom stereocenters. The van der Waals surface area contributed by atoms with E-state index in [1.807, 2.05) is 0 Å². The molecule has 0 bridgehead atoms. The first-order valence-corrected chi connectivity index (χ1v) is 42.6. The van der Waals surface area contributed by atoms with Crippen LogP contribution in [0.1, 0.15) is 401 Å². The maximum Gasteiger partial charge on any atom is 0.472 e. The van der Waals surface area contributed by atoms with Gasteiger partial charge in [0.2, 0.25) is 0 Å². The Hall–Kier alpha value is -1.94. The fourth-order valence-corrected chi connectivity index (χ4v) is 13.3. The summed E-state index contributed by atoms with van der Waals surface area (Å²) in [7, 11) is -9.90. The van der Waals surface area contributed by atoms with Crippen molar-refractivity contribution in [3.05, 3.63) is 0 Å². The molecule has 0 aromatic heterocycles. The van der Waals surface area contributed by atoms with Crippen LogP contribution in [0.4, 0.5) is 0 Å². The van der Waals surface area contributed by atoms with Crippen molar-refractivity contribution < 1.29 is 80.2 Å². The van der Waals surface area contributed by atoms with Crippen molar-refractivity contribution in [2.45, 2.75) is 419 Å². The number of esters is 4. The molecule has 0 aliphatic carbocycles. The molecule has 0 radical (unpaired) electrons. The number of ether oxygens (including phenoxy) is 4. The van der Waals surface area contributed by atoms with Crippen molar-refractivity contribution in [1.29, 1.82) is 0 Å². The number of aliphatic hydroxyl groups excluding tert-OH is 1. The molecule has 3 N–H and O–H groups in total. The fraction of sp³-hybridized carbons (Fsp3) is 0.947. The third-order valence-corrected chi connectivity index (χ3v) is 19.7. The van der Waals surface area contributed by atoms with Gasteiger partial charge in [-0.3, -0.25) is 37.3 Å². The number of hydrogen-bond donors (Lipinski definition) is 3. The molecule has 0 heterocycles. The number of phosphoric ester groups is 2. The summed E-state index contributed by atoms with van der Waals surface area (Å²) in [6, 6.07) is 0. The molecule has 17 nitrogen and oxygen atoms in total. The predicted octanol–water partition coefficient (Wildman–Crippen LogP) is 22.5. The maximum atomic E-state index is 13.1. The van der Waals surface area contributed by atoms with Gasteiger partial charge in [0, 0.05) is 25.7 Å². The molecule has 0 saturated carbocycles. The highest BCUT2D eigenvalue weighted by atomic mass is 31.2. The minimum Gasteiger partial charge on any atom is -0.462 e. The van der Waals surface area contributed by atoms with Crippen molar-refractivity contribution >= 4 is 39.5 Å². The highest BCUT2D eigenvalue weighted by molar-refractivity contribution is 7.47. The van der Waals surface area contributed by atoms with E-state index in [1.54, 1.807) is 0 Å². The van der Waals surface area contributed by atoms with Crippen molar-refractivity contribution in [2.24, 2.45) is 5.92 Å². The normalized spacial score (nSPS) is 13.9. The van der Waals surface area contributed by atoms with Gasteiger partial charge < -0.3 is 33.8 Å². The van der Waals surface area contributed by atoms with Gasteiger partial charge in [0.15, 0.2) is 12.2 Å². The second kappa shape index (κ2) is 69.2. The molecule has 0 aliphatic heterocycles. The highest BCUT2D eigenvalue weighted by Gasteiger charge is 2.30. The van der Waals surface area contributed by atoms with Crippen molar-refractivity contribution in [3.63, 3.8) is 0 Å². The Morgan fingerprint density at radius 3 is 0.716 bits per heavy atom. The van der Waals surface area contributed by atoms with Crippen LogP contribution >= 0.6 is 15.6 Å². The maximum absolute atomic E-state index is 13.1. The Morgan fingerprint density at radius 1 is 0.284 bits per heavy atom. The Balaban J connectivity index is 5.18. The standard InChI is InChI=1S/C76H148O17P2/c1-6-9-12-15-18-21-22-23-24-25-26-30-33-36-41-45-50-55-60-74(79)87-66-72(93-76(81)62-57-52-47-42-37-34-31-28-27-29-32-35-40-43-48-53-58-69(4)5)68-91-95(84,85)89-64-70(77)63-88-94(82,83)90-67-71(92-75(80)61-56-51-46-39-20-17-14-11-8-3)65-86-73(78)59-54-49-44-38-19-16-13-10-7-2/h69-72,77H,6-68H2,1-5H3,(H,82,83)(H,84,85)/t70-,71+,72+/m0/s1. The van der Waals surface area contributed by atoms with Crippen LogP contribution in [0, 0.1) is 5.92 Å². The van der Waals surface area contributed by atoms with Gasteiger partial charge in [0.25, 0.3) is 0 Å². The summed E-state index contributed by atoms with van der Waals surface area (Å²) < 4.78 is 68.4. The summed E-state index contributed by atoms with van der Waals surface area (Å²) in [5.74, 6) is -1.31. The SMILES string of the molecule is CCCCCCCCCCCCCCCCCCCCC(=O)OC[C@H](COP(=O)(O)OC[C@@H](O)COP(=O)(O)OC[C@@H](COC(=O)CCCCCCCCCCC)OC(=O)CCCCCCCCCCC)OC(=O)CCCCCCCCCCCCCCCCCCC(C)C. The second-order valence-corrected chi connectivity index (χ2v) is 30.8. The van der Waals surface area contributed by atoms with E-state index in [4.69, 9.17) is 37.0 Å². The quantitative estimate of drug-likeness (QED) is 0.0222. The highest BCUT2D eigenvalue weighted by Crippen LogP contribution is 2.45. The lowest BCUT2D eigenvalue weighted by atomic mass is 10.0. The third-order valence-electron chi connectivity index (χ3n) is 17.8. The first kappa shape index (κ1) is 93.1. The number of carbonyl (C=O) groups is 4. The second-order valence-electron chi connectivity index (χ2n) is 27.9. The van der Waals surface area contributed by atoms with E-state index in [1.165, 1.54) is 225 Å². The Labute approximate surface area is 581 Å². The van der Waals surface area contributed by atoms with Crippen LogP contribution in [0.3, 0.4) is 0 Å². The van der Waals surface area contributed by atoms with Crippen LogP contribution in [0.5, 0.6) is 0 Å². The molecule has 95 heavy (non-hydrogen) atoms. The number of phosphoric acid groups is 2. The average molecular weight is 1400 g/mol. The minimum absolute atomic E-state index is 0.106. The smallest absolute Gasteiger partial charge is 0.462 e. The van der Waals surface area contributed by atoms with Gasteiger partial charge in [-0.1, -0.05) is 349 Å². The van der Waals surface area contributed by atoms with Gasteiger partial charge in [0.1, 0.15) is 19.3 Å². The molecule has 2 unspecified atom stereocenters. The average Bonchev–Trinajstić information content (AvgIpc) is 1.90. The lowest BCUT2D eigenvalue weighted by molar-refractivity contribution is -0.161. The van der Waals surface area contributed by atoms with E-state index in [2.05, 4.69) is 34.6 Å². The summed E-state index contributed by atoms with van der Waals surface area (Å²) in [4.78, 5) is 72.7. The van der Waals surface area contributed by atoms with Crippen molar-refractivity contribution in [2.75, 3.05) is 39.6 Å². The molecule has 0 saturated heterocycles. The largest absolute Gasteiger partial charge is 0.472 e. The first-order chi connectivity index (χ1) is 46.0. The summed E-state index contributed by atoms with van der Waals surface area (Å²) in [5, 5.41) is 10.6. The Bertz CT molecular complexity index is 1820. The molecular formula is C76H148O17P2. The zero-order valence-corrected chi connectivity index (χ0v) is 63.6. The molecular weight excluding hydrogens is 1250 g/mol. The first-order valence-electron chi connectivity index (χ1n) is 39.6. The van der Waals surface area contributed by atoms with E-state index < -0.39 is 97.5 Å². The van der Waals surface area contributed by atoms with Crippen LogP contribution in [-0.4, -0.2) is 96.7 Å². The zero-order valence-electron chi connectivity index (χ0n) is 61.8. The van der Waals surface area contributed by atoms with Gasteiger partial charge in [-0.2, -0.15) is 0 Å². The fourth-order valence-electron chi connectivity index (χ4n) is 11.7. The summed E-state index contributed by atoms with van der Waals surface area (Å²) in [6.45, 7) is 7.29. The molecule has 0 rings (SSSR count). The van der Waals surface area contributed by atoms with Crippen molar-refractivity contribution in [1.82, 2.24) is 0 Å². The molecule has 564 valence electrons. The lowest BCUT2D eigenvalue weighted by Gasteiger charge is -2.21. The molecule has 0 aliphatic rings. The van der Waals surface area contributed by atoms with E-state index in [0.29, 0.717) is 25.7 Å². The van der Waals surface area contributed by atoms with Gasteiger partial charge in [-0.25, -0.2) is 9.13 Å². The zero-order chi connectivity index (χ0) is 69.8. The number of unbranched alkanes of at least 4 members (excludes halogenated alkanes) is 48. The van der Waals surface area contributed by atoms with E-state index in [-0.39, 0.29) is 25.7 Å². The number of hydrogen-bond acceptors (Lipinski definition) is 15. The van der Waals surface area contributed by atoms with Gasteiger partial charge in [0.05, 0.1) is 26.4 Å². The summed E-state index contributed by atoms with van der Waals surface area (Å²) >= 11 is 0. The molecule has 0 amide bonds. The number of carbonyl (C=O) groups excluding carboxylic acids is 4. The Kier molecular flexibility index (Phi) is 67.7. The van der Waals surface area contributed by atoms with Gasteiger partial charge >= 0.3 is 39.5 Å². The van der Waals surface area contributed by atoms with E-state index in [0.717, 1.165) is 95.8 Å². The Morgan fingerprint density at radius 2 is 0.484 bits per heavy atom. The lowest BCUT2D eigenvalue weighted by Crippen LogP contribution is -2.30. The van der Waals surface area contributed by atoms with Crippen molar-refractivity contribution in [3.8, 4) is 0 Å². The summed E-state index contributed by atoms with van der Waals surface area (Å²) in [5.41, 5.74) is 0. The monoisotopic (exact) mass is 1400 g/mol.